The van der Waals surface area contributed by atoms with E-state index < -0.39 is 0 Å². The maximum absolute atomic E-state index is 5.78. The van der Waals surface area contributed by atoms with E-state index in [1.54, 1.807) is 0 Å². The van der Waals surface area contributed by atoms with Crippen LogP contribution in [0.3, 0.4) is 0 Å². The molecule has 3 atom stereocenters. The molecule has 14 heavy (non-hydrogen) atoms. The molecule has 2 aliphatic carbocycles. The number of halogens is 1. The van der Waals surface area contributed by atoms with Crippen LogP contribution < -0.4 is 0 Å². The SMILES string of the molecule is CC1(C)C2CCC1(C)C(SCCCl)C2. The number of fused-ring (bicyclic) bond motifs is 2. The first-order valence-corrected chi connectivity index (χ1v) is 7.28. The van der Waals surface area contributed by atoms with Gasteiger partial charge < -0.3 is 0 Å². The molecule has 0 aromatic carbocycles. The predicted molar refractivity (Wildman–Crippen MR) is 66.2 cm³/mol. The van der Waals surface area contributed by atoms with Crippen LogP contribution in [0.25, 0.3) is 0 Å². The molecule has 0 amide bonds. The maximum Gasteiger partial charge on any atom is 0.0314 e. The highest BCUT2D eigenvalue weighted by Gasteiger charge is 2.61. The Morgan fingerprint density at radius 2 is 2.07 bits per heavy atom. The van der Waals surface area contributed by atoms with Crippen LogP contribution in [0.15, 0.2) is 0 Å². The minimum Gasteiger partial charge on any atom is -0.157 e. The standard InChI is InChI=1S/C12H21ClS/c1-11(2)9-4-5-12(11,3)10(8-9)14-7-6-13/h9-10H,4-8H2,1-3H3. The summed E-state index contributed by atoms with van der Waals surface area (Å²) in [5.41, 5.74) is 1.14. The first-order valence-electron chi connectivity index (χ1n) is 5.70. The van der Waals surface area contributed by atoms with Gasteiger partial charge in [0.05, 0.1) is 0 Å². The molecule has 82 valence electrons. The number of alkyl halides is 1. The van der Waals surface area contributed by atoms with Crippen molar-refractivity contribution < 1.29 is 0 Å². The van der Waals surface area contributed by atoms with E-state index in [-0.39, 0.29) is 0 Å². The van der Waals surface area contributed by atoms with Gasteiger partial charge in [0, 0.05) is 16.9 Å². The lowest BCUT2D eigenvalue weighted by Crippen LogP contribution is -2.34. The molecule has 0 radical (unpaired) electrons. The van der Waals surface area contributed by atoms with Gasteiger partial charge in [0.15, 0.2) is 0 Å². The quantitative estimate of drug-likeness (QED) is 0.659. The van der Waals surface area contributed by atoms with Crippen LogP contribution in [0.4, 0.5) is 0 Å². The number of rotatable bonds is 3. The van der Waals surface area contributed by atoms with E-state index in [2.05, 4.69) is 32.5 Å². The Morgan fingerprint density at radius 3 is 2.50 bits per heavy atom. The summed E-state index contributed by atoms with van der Waals surface area (Å²) in [6.07, 6.45) is 4.33. The molecule has 2 heteroatoms. The summed E-state index contributed by atoms with van der Waals surface area (Å²) in [5, 5.41) is 0.870. The smallest absolute Gasteiger partial charge is 0.0314 e. The van der Waals surface area contributed by atoms with E-state index in [0.29, 0.717) is 10.8 Å². The van der Waals surface area contributed by atoms with Gasteiger partial charge in [-0.3, -0.25) is 0 Å². The van der Waals surface area contributed by atoms with E-state index in [1.807, 2.05) is 0 Å². The van der Waals surface area contributed by atoms with Crippen molar-refractivity contribution in [2.45, 2.75) is 45.3 Å². The Kier molecular flexibility index (Phi) is 2.85. The highest BCUT2D eigenvalue weighted by Crippen LogP contribution is 2.68. The van der Waals surface area contributed by atoms with Crippen molar-refractivity contribution in [1.82, 2.24) is 0 Å². The topological polar surface area (TPSA) is 0 Å². The molecule has 0 saturated heterocycles. The molecule has 0 aromatic rings. The third-order valence-electron chi connectivity index (χ3n) is 5.11. The molecule has 2 rings (SSSR count). The summed E-state index contributed by atoms with van der Waals surface area (Å²) in [4.78, 5) is 0. The van der Waals surface area contributed by atoms with Crippen LogP contribution in [-0.4, -0.2) is 16.9 Å². The van der Waals surface area contributed by atoms with Crippen molar-refractivity contribution in [1.29, 1.82) is 0 Å². The van der Waals surface area contributed by atoms with Gasteiger partial charge in [0.25, 0.3) is 0 Å². The molecular weight excluding hydrogens is 212 g/mol. The first kappa shape index (κ1) is 11.1. The highest BCUT2D eigenvalue weighted by molar-refractivity contribution is 8.00. The average molecular weight is 233 g/mol. The zero-order chi connectivity index (χ0) is 10.4. The summed E-state index contributed by atoms with van der Waals surface area (Å²) in [7, 11) is 0. The summed E-state index contributed by atoms with van der Waals surface area (Å²) in [6.45, 7) is 7.46. The van der Waals surface area contributed by atoms with Crippen molar-refractivity contribution in [2.75, 3.05) is 11.6 Å². The molecule has 3 unspecified atom stereocenters. The fourth-order valence-electron chi connectivity index (χ4n) is 3.57. The summed E-state index contributed by atoms with van der Waals surface area (Å²) >= 11 is 7.89. The molecule has 2 aliphatic rings. The zero-order valence-corrected chi connectivity index (χ0v) is 11.0. The predicted octanol–water partition coefficient (Wildman–Crippen LogP) is 4.17. The second kappa shape index (κ2) is 3.59. The van der Waals surface area contributed by atoms with E-state index in [1.165, 1.54) is 19.3 Å². The average Bonchev–Trinajstić information content (AvgIpc) is 2.46. The molecule has 0 aliphatic heterocycles. The molecule has 2 saturated carbocycles. The molecule has 2 bridgehead atoms. The number of hydrogen-bond donors (Lipinski definition) is 0. The number of thioether (sulfide) groups is 1. The first-order chi connectivity index (χ1) is 6.52. The van der Waals surface area contributed by atoms with Crippen molar-refractivity contribution in [3.05, 3.63) is 0 Å². The maximum atomic E-state index is 5.78. The third-order valence-corrected chi connectivity index (χ3v) is 7.08. The Balaban J connectivity index is 2.11. The number of hydrogen-bond acceptors (Lipinski definition) is 1. The minimum atomic E-state index is 0.566. The van der Waals surface area contributed by atoms with Gasteiger partial charge in [-0.15, -0.1) is 11.6 Å². The van der Waals surface area contributed by atoms with Gasteiger partial charge in [-0.25, -0.2) is 0 Å². The van der Waals surface area contributed by atoms with Crippen LogP contribution in [0.1, 0.15) is 40.0 Å². The van der Waals surface area contributed by atoms with Crippen LogP contribution in [0.5, 0.6) is 0 Å². The Hall–Kier alpha value is 0.640. The summed E-state index contributed by atoms with van der Waals surface area (Å²) in [6, 6.07) is 0. The Labute approximate surface area is 97.2 Å². The monoisotopic (exact) mass is 232 g/mol. The van der Waals surface area contributed by atoms with Crippen molar-refractivity contribution in [3.63, 3.8) is 0 Å². The summed E-state index contributed by atoms with van der Waals surface area (Å²) in [5.74, 6) is 2.91. The van der Waals surface area contributed by atoms with E-state index in [9.17, 15) is 0 Å². The van der Waals surface area contributed by atoms with Crippen LogP contribution in [0, 0.1) is 16.7 Å². The van der Waals surface area contributed by atoms with E-state index in [0.717, 1.165) is 22.8 Å². The Bertz CT molecular complexity index is 226. The van der Waals surface area contributed by atoms with Gasteiger partial charge in [0.1, 0.15) is 0 Å². The minimum absolute atomic E-state index is 0.566. The molecule has 0 spiro atoms. The zero-order valence-electron chi connectivity index (χ0n) is 9.48. The van der Waals surface area contributed by atoms with Crippen molar-refractivity contribution in [2.24, 2.45) is 16.7 Å². The second-order valence-electron chi connectivity index (χ2n) is 5.66. The van der Waals surface area contributed by atoms with Gasteiger partial charge in [-0.1, -0.05) is 20.8 Å². The van der Waals surface area contributed by atoms with Crippen LogP contribution in [-0.2, 0) is 0 Å². The lowest BCUT2D eigenvalue weighted by Gasteiger charge is -2.39. The molecular formula is C12H21ClS. The van der Waals surface area contributed by atoms with Gasteiger partial charge in [-0.2, -0.15) is 11.8 Å². The molecule has 0 heterocycles. The molecule has 0 aromatic heterocycles. The third kappa shape index (κ3) is 1.35. The molecule has 2 fully saturated rings. The van der Waals surface area contributed by atoms with Crippen LogP contribution in [0.2, 0.25) is 0 Å². The van der Waals surface area contributed by atoms with Gasteiger partial charge in [-0.05, 0) is 36.0 Å². The second-order valence-corrected chi connectivity index (χ2v) is 7.35. The Morgan fingerprint density at radius 1 is 1.36 bits per heavy atom. The summed E-state index contributed by atoms with van der Waals surface area (Å²) < 4.78 is 0. The van der Waals surface area contributed by atoms with Gasteiger partial charge in [0.2, 0.25) is 0 Å². The largest absolute Gasteiger partial charge is 0.157 e. The molecule has 0 nitrogen and oxygen atoms in total. The fourth-order valence-corrected chi connectivity index (χ4v) is 5.37. The van der Waals surface area contributed by atoms with E-state index >= 15 is 0 Å². The van der Waals surface area contributed by atoms with Gasteiger partial charge >= 0.3 is 0 Å². The molecule has 0 N–H and O–H groups in total. The normalized spacial score (nSPS) is 44.6. The van der Waals surface area contributed by atoms with Crippen molar-refractivity contribution in [3.8, 4) is 0 Å². The fraction of sp³-hybridized carbons (Fsp3) is 1.00. The lowest BCUT2D eigenvalue weighted by molar-refractivity contribution is 0.156. The van der Waals surface area contributed by atoms with Crippen molar-refractivity contribution >= 4 is 23.4 Å². The van der Waals surface area contributed by atoms with E-state index in [4.69, 9.17) is 11.6 Å². The van der Waals surface area contributed by atoms with Crippen LogP contribution >= 0.6 is 23.4 Å². The lowest BCUT2D eigenvalue weighted by atomic mass is 9.71. The highest BCUT2D eigenvalue weighted by atomic mass is 35.5.